The van der Waals surface area contributed by atoms with Crippen LogP contribution in [0.5, 0.6) is 0 Å². The molecule has 1 amide bonds. The van der Waals surface area contributed by atoms with E-state index in [1.165, 1.54) is 7.11 Å². The highest BCUT2D eigenvalue weighted by atomic mass is 16.5. The van der Waals surface area contributed by atoms with Crippen LogP contribution in [0.4, 0.5) is 0 Å². The summed E-state index contributed by atoms with van der Waals surface area (Å²) in [7, 11) is 1.31. The molecule has 5 nitrogen and oxygen atoms in total. The highest BCUT2D eigenvalue weighted by molar-refractivity contribution is 6.07. The summed E-state index contributed by atoms with van der Waals surface area (Å²) in [6.07, 6.45) is 0.471. The van der Waals surface area contributed by atoms with E-state index in [1.54, 1.807) is 18.2 Å². The maximum atomic E-state index is 13.2. The van der Waals surface area contributed by atoms with Crippen molar-refractivity contribution in [3.63, 3.8) is 0 Å². The molecule has 0 aliphatic carbocycles. The molecule has 0 saturated heterocycles. The fraction of sp³-hybridized carbons (Fsp3) is 0.240. The van der Waals surface area contributed by atoms with Gasteiger partial charge in [-0.2, -0.15) is 5.26 Å². The van der Waals surface area contributed by atoms with Gasteiger partial charge in [-0.3, -0.25) is 4.79 Å². The molecule has 0 fully saturated rings. The number of hydrogen-bond acceptors (Lipinski definition) is 4. The molecule has 3 rings (SSSR count). The summed E-state index contributed by atoms with van der Waals surface area (Å²) < 4.78 is 4.86. The van der Waals surface area contributed by atoms with Gasteiger partial charge in [-0.1, -0.05) is 56.3 Å². The summed E-state index contributed by atoms with van der Waals surface area (Å²) in [4.78, 5) is 25.3. The summed E-state index contributed by atoms with van der Waals surface area (Å²) in [6, 6.07) is 20.1. The number of hydrogen-bond donors (Lipinski definition) is 1. The number of carbonyl (C=O) groups excluding carboxylic acids is 2. The summed E-state index contributed by atoms with van der Waals surface area (Å²) in [6.45, 7) is 3.96. The SMILES string of the molecule is COC(=O)C(CC(C)C)NC(=O)c1ccc(C#N)cc1-c1cccc2ccccc12. The second-order valence-electron chi connectivity index (χ2n) is 7.58. The number of nitriles is 1. The topological polar surface area (TPSA) is 79.2 Å². The Hall–Kier alpha value is -3.65. The van der Waals surface area contributed by atoms with Crippen LogP contribution in [0.25, 0.3) is 21.9 Å². The Morgan fingerprint density at radius 3 is 2.47 bits per heavy atom. The van der Waals surface area contributed by atoms with Crippen LogP contribution in [0, 0.1) is 17.2 Å². The van der Waals surface area contributed by atoms with Crippen LogP contribution >= 0.6 is 0 Å². The standard InChI is InChI=1S/C25H24N2O3/c1-16(2)13-23(25(29)30-3)27-24(28)21-12-11-17(15-26)14-22(21)20-10-6-8-18-7-4-5-9-19(18)20/h4-12,14,16,23H,13H2,1-3H3,(H,27,28). The van der Waals surface area contributed by atoms with Crippen LogP contribution in [0.3, 0.4) is 0 Å². The van der Waals surface area contributed by atoms with E-state index in [0.717, 1.165) is 16.3 Å². The zero-order valence-corrected chi connectivity index (χ0v) is 17.3. The number of nitrogens with one attached hydrogen (secondary N) is 1. The highest BCUT2D eigenvalue weighted by Gasteiger charge is 2.25. The molecule has 152 valence electrons. The fourth-order valence-corrected chi connectivity index (χ4v) is 3.56. The number of ether oxygens (including phenoxy) is 1. The molecule has 0 bridgehead atoms. The number of amides is 1. The molecular weight excluding hydrogens is 376 g/mol. The molecule has 3 aromatic carbocycles. The molecule has 30 heavy (non-hydrogen) atoms. The van der Waals surface area contributed by atoms with Crippen LogP contribution < -0.4 is 5.32 Å². The van der Waals surface area contributed by atoms with Crippen molar-refractivity contribution < 1.29 is 14.3 Å². The van der Waals surface area contributed by atoms with Gasteiger partial charge in [0, 0.05) is 5.56 Å². The molecule has 3 aromatic rings. The van der Waals surface area contributed by atoms with Crippen molar-refractivity contribution in [2.45, 2.75) is 26.3 Å². The van der Waals surface area contributed by atoms with E-state index in [-0.39, 0.29) is 11.8 Å². The van der Waals surface area contributed by atoms with Gasteiger partial charge in [0.2, 0.25) is 0 Å². The normalized spacial score (nSPS) is 11.7. The Labute approximate surface area is 176 Å². The van der Waals surface area contributed by atoms with Gasteiger partial charge >= 0.3 is 5.97 Å². The van der Waals surface area contributed by atoms with E-state index < -0.39 is 12.0 Å². The monoisotopic (exact) mass is 400 g/mol. The van der Waals surface area contributed by atoms with Crippen molar-refractivity contribution in [2.24, 2.45) is 5.92 Å². The molecule has 0 aliphatic rings. The average molecular weight is 400 g/mol. The summed E-state index contributed by atoms with van der Waals surface area (Å²) in [5.74, 6) is -0.649. The molecule has 0 aromatic heterocycles. The van der Waals surface area contributed by atoms with E-state index in [9.17, 15) is 14.9 Å². The first-order valence-electron chi connectivity index (χ1n) is 9.85. The number of esters is 1. The lowest BCUT2D eigenvalue weighted by Gasteiger charge is -2.20. The van der Waals surface area contributed by atoms with Crippen LogP contribution in [-0.2, 0) is 9.53 Å². The molecule has 1 unspecified atom stereocenters. The minimum Gasteiger partial charge on any atom is -0.467 e. The number of methoxy groups -OCH3 is 1. The molecule has 1 N–H and O–H groups in total. The predicted octanol–water partition coefficient (Wildman–Crippen LogP) is 4.70. The molecule has 5 heteroatoms. The summed E-state index contributed by atoms with van der Waals surface area (Å²) in [5, 5.41) is 14.2. The Balaban J connectivity index is 2.09. The van der Waals surface area contributed by atoms with Crippen molar-refractivity contribution in [3.05, 3.63) is 71.8 Å². The van der Waals surface area contributed by atoms with E-state index in [4.69, 9.17) is 4.74 Å². The van der Waals surface area contributed by atoms with Crippen LogP contribution in [-0.4, -0.2) is 25.0 Å². The van der Waals surface area contributed by atoms with E-state index in [0.29, 0.717) is 23.1 Å². The van der Waals surface area contributed by atoms with E-state index >= 15 is 0 Å². The Bertz CT molecular complexity index is 1120. The van der Waals surface area contributed by atoms with Gasteiger partial charge in [-0.15, -0.1) is 0 Å². The fourth-order valence-electron chi connectivity index (χ4n) is 3.56. The molecule has 0 saturated carbocycles. The molecule has 0 aliphatic heterocycles. The minimum absolute atomic E-state index is 0.202. The second-order valence-corrected chi connectivity index (χ2v) is 7.58. The first-order valence-corrected chi connectivity index (χ1v) is 9.85. The third-order valence-corrected chi connectivity index (χ3v) is 4.97. The smallest absolute Gasteiger partial charge is 0.328 e. The quantitative estimate of drug-likeness (QED) is 0.609. The van der Waals surface area contributed by atoms with Gasteiger partial charge in [0.25, 0.3) is 5.91 Å². The van der Waals surface area contributed by atoms with Gasteiger partial charge in [-0.05, 0) is 52.4 Å². The van der Waals surface area contributed by atoms with Gasteiger partial charge in [-0.25, -0.2) is 4.79 Å². The van der Waals surface area contributed by atoms with E-state index in [2.05, 4.69) is 11.4 Å². The lowest BCUT2D eigenvalue weighted by Crippen LogP contribution is -2.42. The van der Waals surface area contributed by atoms with Gasteiger partial charge in [0.05, 0.1) is 18.7 Å². The Morgan fingerprint density at radius 2 is 1.77 bits per heavy atom. The molecule has 1 atom stereocenters. The average Bonchev–Trinajstić information content (AvgIpc) is 2.76. The zero-order chi connectivity index (χ0) is 21.7. The molecule has 0 spiro atoms. The van der Waals surface area contributed by atoms with Gasteiger partial charge in [0.1, 0.15) is 6.04 Å². The Morgan fingerprint density at radius 1 is 1.03 bits per heavy atom. The third-order valence-electron chi connectivity index (χ3n) is 4.97. The maximum absolute atomic E-state index is 13.2. The number of fused-ring (bicyclic) bond motifs is 1. The van der Waals surface area contributed by atoms with Crippen molar-refractivity contribution >= 4 is 22.6 Å². The number of carbonyl (C=O) groups is 2. The Kier molecular flexibility index (Phi) is 6.48. The third kappa shape index (κ3) is 4.49. The van der Waals surface area contributed by atoms with Gasteiger partial charge < -0.3 is 10.1 Å². The first kappa shape index (κ1) is 21.1. The van der Waals surface area contributed by atoms with Crippen molar-refractivity contribution in [1.82, 2.24) is 5.32 Å². The van der Waals surface area contributed by atoms with Crippen LogP contribution in [0.2, 0.25) is 0 Å². The number of nitrogens with zero attached hydrogens (tertiary/aromatic N) is 1. The minimum atomic E-state index is -0.737. The lowest BCUT2D eigenvalue weighted by atomic mass is 9.92. The molecule has 0 heterocycles. The predicted molar refractivity (Wildman–Crippen MR) is 117 cm³/mol. The first-order chi connectivity index (χ1) is 14.4. The van der Waals surface area contributed by atoms with Gasteiger partial charge in [0.15, 0.2) is 0 Å². The maximum Gasteiger partial charge on any atom is 0.328 e. The van der Waals surface area contributed by atoms with Crippen LogP contribution in [0.15, 0.2) is 60.7 Å². The lowest BCUT2D eigenvalue weighted by molar-refractivity contribution is -0.143. The van der Waals surface area contributed by atoms with Crippen molar-refractivity contribution in [1.29, 1.82) is 5.26 Å². The summed E-state index contributed by atoms with van der Waals surface area (Å²) in [5.41, 5.74) is 2.37. The summed E-state index contributed by atoms with van der Waals surface area (Å²) >= 11 is 0. The van der Waals surface area contributed by atoms with Crippen LogP contribution in [0.1, 0.15) is 36.2 Å². The molecular formula is C25H24N2O3. The second kappa shape index (κ2) is 9.23. The van der Waals surface area contributed by atoms with Crippen molar-refractivity contribution in [2.75, 3.05) is 7.11 Å². The molecule has 0 radical (unpaired) electrons. The zero-order valence-electron chi connectivity index (χ0n) is 17.3. The number of rotatable bonds is 6. The van der Waals surface area contributed by atoms with Crippen molar-refractivity contribution in [3.8, 4) is 17.2 Å². The largest absolute Gasteiger partial charge is 0.467 e. The number of benzene rings is 3. The highest BCUT2D eigenvalue weighted by Crippen LogP contribution is 2.32. The van der Waals surface area contributed by atoms with E-state index in [1.807, 2.05) is 56.3 Å².